The van der Waals surface area contributed by atoms with Gasteiger partial charge in [0.05, 0.1) is 31.2 Å². The third kappa shape index (κ3) is 1.75. The van der Waals surface area contributed by atoms with Crippen molar-refractivity contribution in [3.05, 3.63) is 40.8 Å². The van der Waals surface area contributed by atoms with Gasteiger partial charge >= 0.3 is 0 Å². The van der Waals surface area contributed by atoms with Crippen molar-refractivity contribution < 1.29 is 4.74 Å². The molecule has 0 atom stereocenters. The summed E-state index contributed by atoms with van der Waals surface area (Å²) in [5, 5.41) is 9.31. The molecule has 0 saturated carbocycles. The Morgan fingerprint density at radius 3 is 2.60 bits per heavy atom. The number of aromatic amines is 1. The first-order valence-corrected chi connectivity index (χ1v) is 6.69. The van der Waals surface area contributed by atoms with E-state index in [1.165, 1.54) is 16.7 Å². The largest absolute Gasteiger partial charge is 0.377 e. The Morgan fingerprint density at radius 2 is 2.00 bits per heavy atom. The maximum absolute atomic E-state index is 9.31. The molecule has 0 bridgehead atoms. The van der Waals surface area contributed by atoms with Gasteiger partial charge in [0.25, 0.3) is 0 Å². The average molecular weight is 267 g/mol. The van der Waals surface area contributed by atoms with Gasteiger partial charge in [-0.15, -0.1) is 0 Å². The summed E-state index contributed by atoms with van der Waals surface area (Å²) < 4.78 is 5.17. The predicted octanol–water partition coefficient (Wildman–Crippen LogP) is 2.79. The lowest BCUT2D eigenvalue weighted by Crippen LogP contribution is -2.46. The van der Waals surface area contributed by atoms with Gasteiger partial charge in [-0.2, -0.15) is 5.26 Å². The number of nitrogens with one attached hydrogen (secondary N) is 1. The molecular weight excluding hydrogens is 250 g/mol. The predicted molar refractivity (Wildman–Crippen MR) is 76.3 cm³/mol. The highest BCUT2D eigenvalue weighted by Crippen LogP contribution is 2.32. The first-order valence-electron chi connectivity index (χ1n) is 6.69. The molecule has 102 valence electrons. The van der Waals surface area contributed by atoms with Gasteiger partial charge in [0.2, 0.25) is 0 Å². The molecule has 0 amide bonds. The van der Waals surface area contributed by atoms with Gasteiger partial charge in [-0.3, -0.25) is 0 Å². The van der Waals surface area contributed by atoms with Crippen molar-refractivity contribution in [2.75, 3.05) is 13.2 Å². The Bertz CT molecular complexity index is 705. The molecule has 1 fully saturated rings. The first kappa shape index (κ1) is 12.9. The summed E-state index contributed by atoms with van der Waals surface area (Å²) in [5.41, 5.74) is 5.33. The summed E-state index contributed by atoms with van der Waals surface area (Å²) in [5.74, 6) is 0.707. The Labute approximate surface area is 118 Å². The van der Waals surface area contributed by atoms with E-state index in [9.17, 15) is 5.26 Å². The molecule has 0 radical (unpaired) electrons. The minimum absolute atomic E-state index is 0.419. The van der Waals surface area contributed by atoms with Gasteiger partial charge in [0, 0.05) is 5.56 Å². The van der Waals surface area contributed by atoms with Gasteiger partial charge in [-0.25, -0.2) is 4.98 Å². The molecule has 1 saturated heterocycles. The number of nitriles is 1. The minimum Gasteiger partial charge on any atom is -0.377 e. The van der Waals surface area contributed by atoms with E-state index in [-0.39, 0.29) is 0 Å². The molecule has 0 spiro atoms. The Balaban J connectivity index is 2.03. The molecule has 0 aliphatic carbocycles. The average Bonchev–Trinajstić information content (AvgIpc) is 2.85. The van der Waals surface area contributed by atoms with Crippen molar-refractivity contribution in [2.24, 2.45) is 0 Å². The number of hydrogen-bond acceptors (Lipinski definition) is 3. The van der Waals surface area contributed by atoms with Crippen LogP contribution in [0, 0.1) is 32.1 Å². The molecule has 2 heterocycles. The van der Waals surface area contributed by atoms with Crippen LogP contribution in [-0.2, 0) is 10.2 Å². The molecular formula is C16H17N3O. The van der Waals surface area contributed by atoms with Gasteiger partial charge in [-0.1, -0.05) is 12.1 Å². The number of rotatable bonds is 2. The van der Waals surface area contributed by atoms with Crippen LogP contribution in [-0.4, -0.2) is 23.2 Å². The maximum atomic E-state index is 9.31. The number of H-pyrrole nitrogens is 1. The third-order valence-electron chi connectivity index (χ3n) is 4.29. The summed E-state index contributed by atoms with van der Waals surface area (Å²) in [6, 6.07) is 6.53. The quantitative estimate of drug-likeness (QED) is 0.910. The Morgan fingerprint density at radius 1 is 1.25 bits per heavy atom. The highest BCUT2D eigenvalue weighted by molar-refractivity contribution is 5.66. The van der Waals surface area contributed by atoms with E-state index in [4.69, 9.17) is 4.74 Å². The summed E-state index contributed by atoms with van der Waals surface area (Å²) in [6.07, 6.45) is 1.81. The lowest BCUT2D eigenvalue weighted by Gasteiger charge is -2.32. The van der Waals surface area contributed by atoms with Crippen LogP contribution in [0.4, 0.5) is 0 Å². The molecule has 20 heavy (non-hydrogen) atoms. The number of imidazole rings is 1. The van der Waals surface area contributed by atoms with Crippen LogP contribution in [0.15, 0.2) is 18.3 Å². The highest BCUT2D eigenvalue weighted by Gasteiger charge is 2.43. The monoisotopic (exact) mass is 267 g/mol. The Hall–Kier alpha value is -2.12. The second kappa shape index (κ2) is 4.46. The van der Waals surface area contributed by atoms with Crippen LogP contribution in [0.3, 0.4) is 0 Å². The fourth-order valence-corrected chi connectivity index (χ4v) is 2.51. The van der Waals surface area contributed by atoms with E-state index in [1.807, 2.05) is 6.20 Å². The first-order chi connectivity index (χ1) is 9.57. The van der Waals surface area contributed by atoms with Crippen LogP contribution in [0.25, 0.3) is 11.3 Å². The van der Waals surface area contributed by atoms with E-state index in [0.717, 1.165) is 11.3 Å². The molecule has 3 rings (SSSR count). The van der Waals surface area contributed by atoms with Crippen molar-refractivity contribution in [3.8, 4) is 17.3 Å². The van der Waals surface area contributed by atoms with Crippen LogP contribution < -0.4 is 0 Å². The lowest BCUT2D eigenvalue weighted by molar-refractivity contribution is -0.0335. The van der Waals surface area contributed by atoms with Crippen LogP contribution in [0.1, 0.15) is 22.5 Å². The molecule has 0 unspecified atom stereocenters. The standard InChI is InChI=1S/C16H17N3O/c1-10-4-5-13(12(3)11(10)2)14-6-18-15(19-14)16(7-17)8-20-9-16/h4-6H,8-9H2,1-3H3,(H,18,19). The van der Waals surface area contributed by atoms with Crippen LogP contribution in [0.5, 0.6) is 0 Å². The normalized spacial score (nSPS) is 16.5. The SMILES string of the molecule is Cc1ccc(-c2cnc(C3(C#N)COC3)[nH]2)c(C)c1C. The number of benzene rings is 1. The van der Waals surface area contributed by atoms with Gasteiger partial charge in [-0.05, 0) is 37.5 Å². The van der Waals surface area contributed by atoms with Crippen molar-refractivity contribution in [1.82, 2.24) is 9.97 Å². The summed E-state index contributed by atoms with van der Waals surface area (Å²) in [6.45, 7) is 7.19. The van der Waals surface area contributed by atoms with E-state index in [1.54, 1.807) is 0 Å². The Kier molecular flexibility index (Phi) is 2.88. The van der Waals surface area contributed by atoms with Gasteiger partial charge < -0.3 is 9.72 Å². The number of aromatic nitrogens is 2. The van der Waals surface area contributed by atoms with Gasteiger partial charge in [0.15, 0.2) is 5.41 Å². The third-order valence-corrected chi connectivity index (χ3v) is 4.29. The van der Waals surface area contributed by atoms with Crippen molar-refractivity contribution in [3.63, 3.8) is 0 Å². The number of hydrogen-bond donors (Lipinski definition) is 1. The number of nitrogens with zero attached hydrogens (tertiary/aromatic N) is 2. The zero-order valence-electron chi connectivity index (χ0n) is 11.9. The topological polar surface area (TPSA) is 61.7 Å². The fraction of sp³-hybridized carbons (Fsp3) is 0.375. The number of aryl methyl sites for hydroxylation is 1. The van der Waals surface area contributed by atoms with E-state index in [0.29, 0.717) is 19.0 Å². The molecule has 4 nitrogen and oxygen atoms in total. The van der Waals surface area contributed by atoms with E-state index in [2.05, 4.69) is 48.9 Å². The van der Waals surface area contributed by atoms with Crippen molar-refractivity contribution in [2.45, 2.75) is 26.2 Å². The van der Waals surface area contributed by atoms with Crippen LogP contribution in [0.2, 0.25) is 0 Å². The van der Waals surface area contributed by atoms with Crippen molar-refractivity contribution >= 4 is 0 Å². The van der Waals surface area contributed by atoms with Gasteiger partial charge in [0.1, 0.15) is 5.82 Å². The van der Waals surface area contributed by atoms with E-state index >= 15 is 0 Å². The van der Waals surface area contributed by atoms with E-state index < -0.39 is 5.41 Å². The molecule has 1 aliphatic heterocycles. The second-order valence-corrected chi connectivity index (χ2v) is 5.51. The lowest BCUT2D eigenvalue weighted by atomic mass is 9.87. The molecule has 2 aromatic rings. The zero-order chi connectivity index (χ0) is 14.3. The molecule has 1 aromatic carbocycles. The maximum Gasteiger partial charge on any atom is 0.161 e. The van der Waals surface area contributed by atoms with Crippen LogP contribution >= 0.6 is 0 Å². The number of ether oxygens (including phenoxy) is 1. The van der Waals surface area contributed by atoms with Crippen molar-refractivity contribution in [1.29, 1.82) is 5.26 Å². The molecule has 1 aliphatic rings. The zero-order valence-corrected chi connectivity index (χ0v) is 11.9. The highest BCUT2D eigenvalue weighted by atomic mass is 16.5. The summed E-state index contributed by atoms with van der Waals surface area (Å²) in [7, 11) is 0. The smallest absolute Gasteiger partial charge is 0.161 e. The molecule has 1 aromatic heterocycles. The second-order valence-electron chi connectivity index (χ2n) is 5.51. The molecule has 4 heteroatoms. The minimum atomic E-state index is -0.591. The summed E-state index contributed by atoms with van der Waals surface area (Å²) in [4.78, 5) is 7.69. The molecule has 1 N–H and O–H groups in total. The summed E-state index contributed by atoms with van der Waals surface area (Å²) >= 11 is 0. The fourth-order valence-electron chi connectivity index (χ4n) is 2.51.